The number of amides is 1. The normalized spacial score (nSPS) is 16.2. The van der Waals surface area contributed by atoms with Gasteiger partial charge in [-0.2, -0.15) is 0 Å². The maximum absolute atomic E-state index is 12.8. The van der Waals surface area contributed by atoms with Crippen LogP contribution in [0.4, 0.5) is 0 Å². The monoisotopic (exact) mass is 784 g/mol. The molecule has 0 aliphatic heterocycles. The molecule has 5 atom stereocenters. The van der Waals surface area contributed by atoms with Gasteiger partial charge in [-0.3, -0.25) is 13.8 Å². The lowest BCUT2D eigenvalue weighted by molar-refractivity contribution is -0.870. The van der Waals surface area contributed by atoms with Crippen molar-refractivity contribution in [2.45, 2.75) is 167 Å². The third-order valence-corrected chi connectivity index (χ3v) is 9.91. The molecule has 0 saturated heterocycles. The number of carbonyl (C=O) groups excluding carboxylic acids is 1. The zero-order valence-electron chi connectivity index (χ0n) is 34.7. The van der Waals surface area contributed by atoms with Crippen LogP contribution in [-0.2, 0) is 18.4 Å². The summed E-state index contributed by atoms with van der Waals surface area (Å²) in [4.78, 5) is 23.1. The summed E-state index contributed by atoms with van der Waals surface area (Å²) in [5.74, 6) is -0.365. The number of unbranched alkanes of at least 4 members (excludes halogenated alkanes) is 14. The van der Waals surface area contributed by atoms with Crippen molar-refractivity contribution in [3.05, 3.63) is 60.8 Å². The summed E-state index contributed by atoms with van der Waals surface area (Å²) in [7, 11) is 1.41. The molecule has 0 rings (SSSR count). The molecule has 0 spiro atoms. The number of aliphatic hydroxyl groups is 3. The molecular weight excluding hydrogens is 703 g/mol. The lowest BCUT2D eigenvalue weighted by Gasteiger charge is -2.25. The second-order valence-electron chi connectivity index (χ2n) is 15.4. The van der Waals surface area contributed by atoms with Crippen LogP contribution >= 0.6 is 7.82 Å². The molecule has 10 nitrogen and oxygen atoms in total. The fourth-order valence-electron chi connectivity index (χ4n) is 5.47. The highest BCUT2D eigenvalue weighted by atomic mass is 31.2. The van der Waals surface area contributed by atoms with Crippen molar-refractivity contribution in [1.82, 2.24) is 5.32 Å². The second kappa shape index (κ2) is 34.4. The van der Waals surface area contributed by atoms with E-state index in [2.05, 4.69) is 25.2 Å². The zero-order chi connectivity index (χ0) is 40.3. The van der Waals surface area contributed by atoms with E-state index in [1.165, 1.54) is 77.0 Å². The number of rotatable bonds is 36. The third-order valence-electron chi connectivity index (χ3n) is 8.92. The number of allylic oxidation sites excluding steroid dienone is 6. The van der Waals surface area contributed by atoms with E-state index in [4.69, 9.17) is 9.05 Å². The fraction of sp³-hybridized carbons (Fsp3) is 0.744. The van der Waals surface area contributed by atoms with Gasteiger partial charge in [-0.1, -0.05) is 152 Å². The number of nitrogens with zero attached hydrogens (tertiary/aromatic N) is 1. The molecule has 0 aliphatic rings. The van der Waals surface area contributed by atoms with Gasteiger partial charge in [-0.05, 0) is 44.9 Å². The molecule has 0 aromatic carbocycles. The molecule has 0 aromatic heterocycles. The van der Waals surface area contributed by atoms with Gasteiger partial charge in [-0.15, -0.1) is 0 Å². The van der Waals surface area contributed by atoms with Crippen LogP contribution in [0.1, 0.15) is 142 Å². The summed E-state index contributed by atoms with van der Waals surface area (Å²) < 4.78 is 23.4. The Morgan fingerprint density at radius 2 is 1.22 bits per heavy atom. The summed E-state index contributed by atoms with van der Waals surface area (Å²) in [5, 5.41) is 34.0. The lowest BCUT2D eigenvalue weighted by Crippen LogP contribution is -2.45. The Morgan fingerprint density at radius 1 is 0.685 bits per heavy atom. The summed E-state index contributed by atoms with van der Waals surface area (Å²) >= 11 is 0. The van der Waals surface area contributed by atoms with E-state index in [0.717, 1.165) is 25.7 Å². The first-order valence-corrected chi connectivity index (χ1v) is 22.4. The number of carbonyl (C=O) groups is 1. The van der Waals surface area contributed by atoms with Crippen LogP contribution in [0.15, 0.2) is 60.8 Å². The van der Waals surface area contributed by atoms with Gasteiger partial charge in [-0.25, -0.2) is 4.57 Å². The molecule has 11 heteroatoms. The Labute approximate surface area is 329 Å². The van der Waals surface area contributed by atoms with Crippen molar-refractivity contribution in [1.29, 1.82) is 0 Å². The quantitative estimate of drug-likeness (QED) is 0.0139. The van der Waals surface area contributed by atoms with Crippen molar-refractivity contribution in [3.8, 4) is 0 Å². The van der Waals surface area contributed by atoms with Crippen molar-refractivity contribution < 1.29 is 43.1 Å². The van der Waals surface area contributed by atoms with Crippen LogP contribution < -0.4 is 5.32 Å². The number of quaternary nitrogens is 1. The molecule has 0 fully saturated rings. The minimum absolute atomic E-state index is 0.0131. The number of nitrogens with one attached hydrogen (secondary N) is 1. The number of hydrogen-bond donors (Lipinski definition) is 5. The van der Waals surface area contributed by atoms with Crippen LogP contribution in [0, 0.1) is 0 Å². The highest BCUT2D eigenvalue weighted by Gasteiger charge is 2.27. The third kappa shape index (κ3) is 35.8. The Bertz CT molecular complexity index is 1100. The Kier molecular flexibility index (Phi) is 33.2. The molecule has 0 aliphatic carbocycles. The van der Waals surface area contributed by atoms with E-state index in [1.807, 2.05) is 33.3 Å². The first-order chi connectivity index (χ1) is 25.8. The van der Waals surface area contributed by atoms with Gasteiger partial charge < -0.3 is 30.0 Å². The van der Waals surface area contributed by atoms with Gasteiger partial charge in [0.1, 0.15) is 13.2 Å². The SMILES string of the molecule is CCCCC/C=C\C[C@H](O)/C=C/C=C/C=C\[C@H](O)CCCC(=O)N[C@@H](COP(=O)(O)OCC[N+](C)(C)C)[C@H](O)/C=C/CCCCCCCCCCCCC. The maximum atomic E-state index is 12.8. The van der Waals surface area contributed by atoms with E-state index in [0.29, 0.717) is 30.3 Å². The number of hydrogen-bond acceptors (Lipinski definition) is 7. The van der Waals surface area contributed by atoms with E-state index >= 15 is 0 Å². The van der Waals surface area contributed by atoms with E-state index < -0.39 is 38.8 Å². The van der Waals surface area contributed by atoms with E-state index in [9.17, 15) is 29.6 Å². The van der Waals surface area contributed by atoms with Crippen LogP contribution in [0.3, 0.4) is 0 Å². The zero-order valence-corrected chi connectivity index (χ0v) is 35.6. The molecular formula is C43H80N2O8P+. The molecule has 314 valence electrons. The largest absolute Gasteiger partial charge is 0.472 e. The standard InChI is InChI=1S/C43H79N2O8P/c1-6-8-10-12-14-15-16-17-18-19-20-22-28-34-42(48)41(38-53-54(50,51)52-37-36-45(3,4)5)44-43(49)35-29-33-40(47)32-27-24-23-26-31-39(46)30-25-21-13-11-9-7-2/h21,23-28,31-32,34,39-42,46-48H,6-20,22,29-30,33,35-38H2,1-5H3,(H-,44,49,50,51)/p+1/b24-23+,25-21-,31-26+,32-27-,34-28+/t39-,40-,41-,42+/m0/s1. The molecule has 0 bridgehead atoms. The van der Waals surface area contributed by atoms with Crippen molar-refractivity contribution in [2.24, 2.45) is 0 Å². The summed E-state index contributed by atoms with van der Waals surface area (Å²) in [5.41, 5.74) is 0. The molecule has 5 N–H and O–H groups in total. The van der Waals surface area contributed by atoms with Crippen LogP contribution in [-0.4, -0.2) is 95.9 Å². The summed E-state index contributed by atoms with van der Waals surface area (Å²) in [6, 6.07) is -0.961. The smallest absolute Gasteiger partial charge is 0.389 e. The number of likely N-dealkylation sites (N-methyl/N-ethyl adjacent to an activating group) is 1. The highest BCUT2D eigenvalue weighted by Crippen LogP contribution is 2.43. The van der Waals surface area contributed by atoms with Gasteiger partial charge in [0.05, 0.1) is 52.1 Å². The topological polar surface area (TPSA) is 146 Å². The van der Waals surface area contributed by atoms with Gasteiger partial charge in [0.25, 0.3) is 0 Å². The van der Waals surface area contributed by atoms with E-state index in [1.54, 1.807) is 42.5 Å². The first-order valence-electron chi connectivity index (χ1n) is 20.9. The fourth-order valence-corrected chi connectivity index (χ4v) is 6.20. The summed E-state index contributed by atoms with van der Waals surface area (Å²) in [6.45, 7) is 4.52. The van der Waals surface area contributed by atoms with Gasteiger partial charge in [0.2, 0.25) is 5.91 Å². The molecule has 0 aromatic rings. The van der Waals surface area contributed by atoms with Gasteiger partial charge >= 0.3 is 7.82 Å². The molecule has 0 radical (unpaired) electrons. The molecule has 0 heterocycles. The number of phosphoric ester groups is 1. The predicted molar refractivity (Wildman–Crippen MR) is 224 cm³/mol. The Balaban J connectivity index is 4.79. The van der Waals surface area contributed by atoms with Crippen LogP contribution in [0.2, 0.25) is 0 Å². The van der Waals surface area contributed by atoms with E-state index in [-0.39, 0.29) is 18.9 Å². The van der Waals surface area contributed by atoms with Crippen LogP contribution in [0.25, 0.3) is 0 Å². The maximum Gasteiger partial charge on any atom is 0.472 e. The number of phosphoric acid groups is 1. The Morgan fingerprint density at radius 3 is 1.83 bits per heavy atom. The number of aliphatic hydroxyl groups excluding tert-OH is 3. The minimum atomic E-state index is -4.40. The van der Waals surface area contributed by atoms with Gasteiger partial charge in [0.15, 0.2) is 0 Å². The van der Waals surface area contributed by atoms with Crippen molar-refractivity contribution in [2.75, 3.05) is 40.9 Å². The predicted octanol–water partition coefficient (Wildman–Crippen LogP) is 9.02. The van der Waals surface area contributed by atoms with Crippen LogP contribution in [0.5, 0.6) is 0 Å². The highest BCUT2D eigenvalue weighted by molar-refractivity contribution is 7.47. The first kappa shape index (κ1) is 52.1. The van der Waals surface area contributed by atoms with Crippen molar-refractivity contribution in [3.63, 3.8) is 0 Å². The lowest BCUT2D eigenvalue weighted by atomic mass is 10.0. The van der Waals surface area contributed by atoms with Gasteiger partial charge in [0, 0.05) is 6.42 Å². The molecule has 0 saturated carbocycles. The second-order valence-corrected chi connectivity index (χ2v) is 16.9. The Hall–Kier alpha value is -1.88. The molecule has 54 heavy (non-hydrogen) atoms. The minimum Gasteiger partial charge on any atom is -0.389 e. The average molecular weight is 784 g/mol. The molecule has 1 unspecified atom stereocenters. The summed E-state index contributed by atoms with van der Waals surface area (Å²) in [6.07, 6.45) is 36.2. The van der Waals surface area contributed by atoms with Crippen molar-refractivity contribution >= 4 is 13.7 Å². The average Bonchev–Trinajstić information content (AvgIpc) is 3.10. The molecule has 1 amide bonds.